The first-order valence-electron chi connectivity index (χ1n) is 14.5. The SMILES string of the molecule is CN(C)CCCN1CCN(c2ccc(-c3cnc4ccc(N5CCCC5c5cccc(F)c5)nn34)cc2C#N)CC1. The monoisotopic (exact) mass is 552 g/mol. The molecule has 0 bridgehead atoms. The van der Waals surface area contributed by atoms with Crippen LogP contribution in [0, 0.1) is 17.1 Å². The molecule has 9 heteroatoms. The van der Waals surface area contributed by atoms with Crippen molar-refractivity contribution in [2.24, 2.45) is 0 Å². The van der Waals surface area contributed by atoms with Crippen LogP contribution >= 0.6 is 0 Å². The van der Waals surface area contributed by atoms with Gasteiger partial charge in [0.05, 0.1) is 29.2 Å². The first kappa shape index (κ1) is 27.2. The van der Waals surface area contributed by atoms with Crippen LogP contribution in [0.1, 0.15) is 36.4 Å². The maximum Gasteiger partial charge on any atom is 0.154 e. The van der Waals surface area contributed by atoms with Gasteiger partial charge in [0.15, 0.2) is 5.65 Å². The van der Waals surface area contributed by atoms with Crippen molar-refractivity contribution in [1.29, 1.82) is 5.26 Å². The fraction of sp³-hybridized carbons (Fsp3) is 0.406. The molecule has 2 aromatic heterocycles. The molecule has 2 fully saturated rings. The van der Waals surface area contributed by atoms with E-state index in [4.69, 9.17) is 5.10 Å². The minimum atomic E-state index is -0.215. The Morgan fingerprint density at radius 3 is 2.66 bits per heavy atom. The van der Waals surface area contributed by atoms with E-state index in [9.17, 15) is 9.65 Å². The molecule has 212 valence electrons. The molecule has 1 unspecified atom stereocenters. The van der Waals surface area contributed by atoms with Crippen LogP contribution in [0.4, 0.5) is 15.9 Å². The Kier molecular flexibility index (Phi) is 7.86. The molecule has 0 radical (unpaired) electrons. The summed E-state index contributed by atoms with van der Waals surface area (Å²) in [5.74, 6) is 0.623. The second-order valence-electron chi connectivity index (χ2n) is 11.3. The third-order valence-corrected chi connectivity index (χ3v) is 8.33. The molecular formula is C32H37FN8. The Bertz CT molecular complexity index is 1550. The Morgan fingerprint density at radius 2 is 1.88 bits per heavy atom. The smallest absolute Gasteiger partial charge is 0.154 e. The Labute approximate surface area is 241 Å². The number of benzene rings is 2. The van der Waals surface area contributed by atoms with Crippen LogP contribution in [0.15, 0.2) is 60.8 Å². The number of aromatic nitrogens is 3. The van der Waals surface area contributed by atoms with E-state index >= 15 is 0 Å². The maximum absolute atomic E-state index is 14.0. The largest absolute Gasteiger partial charge is 0.368 e. The van der Waals surface area contributed by atoms with Gasteiger partial charge in [0, 0.05) is 38.3 Å². The van der Waals surface area contributed by atoms with Gasteiger partial charge in [-0.1, -0.05) is 18.2 Å². The van der Waals surface area contributed by atoms with Crippen molar-refractivity contribution in [2.75, 3.05) is 69.7 Å². The molecule has 6 rings (SSSR count). The molecule has 0 saturated carbocycles. The summed E-state index contributed by atoms with van der Waals surface area (Å²) in [7, 11) is 4.23. The topological polar surface area (TPSA) is 66.9 Å². The van der Waals surface area contributed by atoms with Gasteiger partial charge in [-0.2, -0.15) is 5.26 Å². The maximum atomic E-state index is 14.0. The van der Waals surface area contributed by atoms with Crippen LogP contribution in [-0.2, 0) is 0 Å². The second-order valence-corrected chi connectivity index (χ2v) is 11.3. The fourth-order valence-electron chi connectivity index (χ4n) is 6.20. The molecule has 0 spiro atoms. The van der Waals surface area contributed by atoms with Crippen LogP contribution in [-0.4, -0.2) is 84.3 Å². The number of nitrogens with zero attached hydrogens (tertiary/aromatic N) is 8. The van der Waals surface area contributed by atoms with E-state index < -0.39 is 0 Å². The van der Waals surface area contributed by atoms with Crippen LogP contribution in [0.2, 0.25) is 0 Å². The summed E-state index contributed by atoms with van der Waals surface area (Å²) in [5, 5.41) is 15.1. The number of anilines is 2. The fourth-order valence-corrected chi connectivity index (χ4v) is 6.20. The highest BCUT2D eigenvalue weighted by molar-refractivity contribution is 5.71. The zero-order chi connectivity index (χ0) is 28.3. The van der Waals surface area contributed by atoms with Crippen molar-refractivity contribution >= 4 is 17.2 Å². The lowest BCUT2D eigenvalue weighted by Crippen LogP contribution is -2.47. The van der Waals surface area contributed by atoms with E-state index in [1.807, 2.05) is 35.0 Å². The van der Waals surface area contributed by atoms with Crippen molar-refractivity contribution < 1.29 is 4.39 Å². The van der Waals surface area contributed by atoms with Crippen molar-refractivity contribution in [1.82, 2.24) is 24.4 Å². The van der Waals surface area contributed by atoms with Crippen molar-refractivity contribution in [3.63, 3.8) is 0 Å². The number of halogens is 1. The third-order valence-electron chi connectivity index (χ3n) is 8.33. The van der Waals surface area contributed by atoms with Crippen molar-refractivity contribution in [3.05, 3.63) is 77.7 Å². The summed E-state index contributed by atoms with van der Waals surface area (Å²) in [4.78, 5) is 13.9. The van der Waals surface area contributed by atoms with E-state index in [2.05, 4.69) is 56.9 Å². The van der Waals surface area contributed by atoms with E-state index in [1.165, 1.54) is 12.5 Å². The lowest BCUT2D eigenvalue weighted by atomic mass is 10.0. The molecule has 0 amide bonds. The summed E-state index contributed by atoms with van der Waals surface area (Å²) < 4.78 is 15.8. The van der Waals surface area contributed by atoms with Crippen molar-refractivity contribution in [3.8, 4) is 17.3 Å². The predicted molar refractivity (Wildman–Crippen MR) is 161 cm³/mol. The standard InChI is InChI=1S/C32H37FN8/c1-37(2)13-5-14-38-16-18-39(19-17-38)28-10-9-25(20-26(28)22-34)30-23-35-31-11-12-32(36-41(30)31)40-15-4-8-29(40)24-6-3-7-27(33)21-24/h3,6-7,9-12,20-21,23,29H,4-5,8,13-19H2,1-2H3. The van der Waals surface area contributed by atoms with Gasteiger partial charge in [-0.05, 0) is 88.4 Å². The minimum Gasteiger partial charge on any atom is -0.368 e. The van der Waals surface area contributed by atoms with Gasteiger partial charge < -0.3 is 14.7 Å². The van der Waals surface area contributed by atoms with Crippen LogP contribution in [0.25, 0.3) is 16.9 Å². The molecule has 0 N–H and O–H groups in total. The molecule has 0 aliphatic carbocycles. The molecule has 2 aliphatic rings. The van der Waals surface area contributed by atoms with Gasteiger partial charge in [0.2, 0.25) is 0 Å². The summed E-state index contributed by atoms with van der Waals surface area (Å²) >= 11 is 0. The first-order valence-corrected chi connectivity index (χ1v) is 14.5. The minimum absolute atomic E-state index is 0.0838. The lowest BCUT2D eigenvalue weighted by Gasteiger charge is -2.36. The average Bonchev–Trinajstić information content (AvgIpc) is 3.64. The second kappa shape index (κ2) is 11.9. The Balaban J connectivity index is 1.22. The number of nitriles is 1. The summed E-state index contributed by atoms with van der Waals surface area (Å²) in [6, 6.07) is 19.5. The highest BCUT2D eigenvalue weighted by Gasteiger charge is 2.28. The molecule has 1 atom stereocenters. The number of fused-ring (bicyclic) bond motifs is 1. The Hall–Kier alpha value is -4.00. The number of hydrogen-bond donors (Lipinski definition) is 0. The summed E-state index contributed by atoms with van der Waals surface area (Å²) in [6.45, 7) is 6.92. The zero-order valence-electron chi connectivity index (χ0n) is 23.9. The molecule has 2 aromatic carbocycles. The van der Waals surface area contributed by atoms with Gasteiger partial charge in [-0.15, -0.1) is 5.10 Å². The summed E-state index contributed by atoms with van der Waals surface area (Å²) in [6.07, 6.45) is 4.97. The number of rotatable bonds is 8. The third kappa shape index (κ3) is 5.76. The highest BCUT2D eigenvalue weighted by Crippen LogP contribution is 2.36. The quantitative estimate of drug-likeness (QED) is 0.310. The zero-order valence-corrected chi connectivity index (χ0v) is 23.9. The van der Waals surface area contributed by atoms with Gasteiger partial charge >= 0.3 is 0 Å². The van der Waals surface area contributed by atoms with Gasteiger partial charge in [-0.25, -0.2) is 13.9 Å². The van der Waals surface area contributed by atoms with Gasteiger partial charge in [0.25, 0.3) is 0 Å². The van der Waals surface area contributed by atoms with Crippen molar-refractivity contribution in [2.45, 2.75) is 25.3 Å². The molecule has 4 heterocycles. The molecular weight excluding hydrogens is 515 g/mol. The summed E-state index contributed by atoms with van der Waals surface area (Å²) in [5.41, 5.74) is 5.13. The highest BCUT2D eigenvalue weighted by atomic mass is 19.1. The van der Waals surface area contributed by atoms with Crippen LogP contribution in [0.5, 0.6) is 0 Å². The van der Waals surface area contributed by atoms with Crippen LogP contribution < -0.4 is 9.80 Å². The molecule has 8 nitrogen and oxygen atoms in total. The molecule has 2 aliphatic heterocycles. The predicted octanol–water partition coefficient (Wildman–Crippen LogP) is 4.82. The van der Waals surface area contributed by atoms with E-state index in [1.54, 1.807) is 12.1 Å². The van der Waals surface area contributed by atoms with E-state index in [0.29, 0.717) is 5.56 Å². The number of piperazine rings is 1. The lowest BCUT2D eigenvalue weighted by molar-refractivity contribution is 0.242. The van der Waals surface area contributed by atoms with Crippen LogP contribution in [0.3, 0.4) is 0 Å². The molecule has 4 aromatic rings. The molecule has 41 heavy (non-hydrogen) atoms. The van der Waals surface area contributed by atoms with E-state index in [0.717, 1.165) is 92.6 Å². The van der Waals surface area contributed by atoms with Gasteiger partial charge in [-0.3, -0.25) is 4.90 Å². The average molecular weight is 553 g/mol. The molecule has 2 saturated heterocycles. The first-order chi connectivity index (χ1) is 20.0. The Morgan fingerprint density at radius 1 is 1.02 bits per heavy atom. The van der Waals surface area contributed by atoms with Gasteiger partial charge in [0.1, 0.15) is 17.7 Å². The van der Waals surface area contributed by atoms with E-state index in [-0.39, 0.29) is 11.9 Å². The normalized spacial score (nSPS) is 18.0. The number of hydrogen-bond acceptors (Lipinski definition) is 7. The number of imidazole rings is 1.